The second kappa shape index (κ2) is 7.56. The zero-order chi connectivity index (χ0) is 22.8. The molecule has 3 saturated carbocycles. The number of hydrogen-bond donors (Lipinski definition) is 2. The number of fused-ring (bicyclic) bond motifs is 5. The fraction of sp³-hybridized carbons (Fsp3) is 0.750. The number of Topliss-reactive ketones (excluding diaryl/α,β-unsaturated/α-hetero) is 1. The average molecular weight is 451 g/mol. The van der Waals surface area contributed by atoms with Gasteiger partial charge in [-0.1, -0.05) is 32.4 Å². The number of ether oxygens (including phenoxy) is 2. The quantitative estimate of drug-likeness (QED) is 0.380. The van der Waals surface area contributed by atoms with Gasteiger partial charge in [0, 0.05) is 23.1 Å². The van der Waals surface area contributed by atoms with E-state index in [4.69, 9.17) is 9.47 Å². The van der Waals surface area contributed by atoms with Gasteiger partial charge in [0.05, 0.1) is 6.10 Å². The first-order chi connectivity index (χ1) is 14.5. The highest BCUT2D eigenvalue weighted by Crippen LogP contribution is 2.71. The Kier molecular flexibility index (Phi) is 5.67. The molecular formula is C24H35O6P. The number of hydrogen-bond acceptors (Lipinski definition) is 6. The number of allylic oxidation sites excluding steroid dienone is 4. The van der Waals surface area contributed by atoms with Crippen molar-refractivity contribution in [2.45, 2.75) is 63.3 Å². The van der Waals surface area contributed by atoms with E-state index >= 15 is 0 Å². The van der Waals surface area contributed by atoms with Gasteiger partial charge in [0.15, 0.2) is 11.6 Å². The zero-order valence-electron chi connectivity index (χ0n) is 18.9. The van der Waals surface area contributed by atoms with Crippen molar-refractivity contribution in [1.29, 1.82) is 0 Å². The van der Waals surface area contributed by atoms with Gasteiger partial charge < -0.3 is 19.7 Å². The largest absolute Gasteiger partial charge is 0.392 e. The maximum atomic E-state index is 13.2. The van der Waals surface area contributed by atoms with Gasteiger partial charge in [-0.3, -0.25) is 9.59 Å². The zero-order valence-corrected chi connectivity index (χ0v) is 20.0. The lowest BCUT2D eigenvalue weighted by atomic mass is 9.45. The first-order valence-electron chi connectivity index (χ1n) is 11.2. The Bertz CT molecular complexity index is 853. The molecule has 31 heavy (non-hydrogen) atoms. The smallest absolute Gasteiger partial charge is 0.190 e. The number of carbonyl (C=O) groups excluding carboxylic acids is 2. The predicted octanol–water partition coefficient (Wildman–Crippen LogP) is 2.43. The van der Waals surface area contributed by atoms with Crippen LogP contribution in [-0.4, -0.2) is 59.2 Å². The first kappa shape index (κ1) is 23.3. The Morgan fingerprint density at radius 2 is 2.03 bits per heavy atom. The second-order valence-electron chi connectivity index (χ2n) is 10.5. The standard InChI is InChI=1S/C24H35O6P/c1-14-9-18-17-6-5-15-10-16(25)7-8-21(15,2)24(17,31)19(26)11-22(18,3)23(14,28)20(27)12-30-13-29-4/h7-8,10,14,17-19,26,28H,5-6,9,11-13,31H2,1-4H3/t14-,17?,18?,19?,21?,22?,23+,24+/m1/s1. The molecule has 0 aliphatic heterocycles. The lowest BCUT2D eigenvalue weighted by Gasteiger charge is -2.65. The molecule has 0 aromatic heterocycles. The van der Waals surface area contributed by atoms with Crippen LogP contribution in [0.2, 0.25) is 0 Å². The summed E-state index contributed by atoms with van der Waals surface area (Å²) in [6.07, 6.45) is 7.19. The van der Waals surface area contributed by atoms with E-state index in [-0.39, 0.29) is 42.7 Å². The lowest BCUT2D eigenvalue weighted by Crippen LogP contribution is -2.68. The molecule has 7 heteroatoms. The summed E-state index contributed by atoms with van der Waals surface area (Å²) in [5.41, 5.74) is -1.70. The van der Waals surface area contributed by atoms with Crippen LogP contribution in [0.4, 0.5) is 0 Å². The van der Waals surface area contributed by atoms with Crippen molar-refractivity contribution in [2.24, 2.45) is 28.6 Å². The molecule has 0 spiro atoms. The fourth-order valence-corrected chi connectivity index (χ4v) is 8.40. The van der Waals surface area contributed by atoms with Crippen LogP contribution in [0, 0.1) is 28.6 Å². The van der Waals surface area contributed by atoms with Gasteiger partial charge in [-0.2, -0.15) is 0 Å². The van der Waals surface area contributed by atoms with Crippen molar-refractivity contribution in [1.82, 2.24) is 0 Å². The number of rotatable bonds is 5. The van der Waals surface area contributed by atoms with Crippen LogP contribution < -0.4 is 0 Å². The van der Waals surface area contributed by atoms with Crippen LogP contribution in [0.15, 0.2) is 23.8 Å². The van der Waals surface area contributed by atoms with Crippen molar-refractivity contribution < 1.29 is 29.3 Å². The number of aliphatic hydroxyl groups excluding tert-OH is 1. The van der Waals surface area contributed by atoms with Crippen LogP contribution in [0.25, 0.3) is 0 Å². The Morgan fingerprint density at radius 3 is 2.71 bits per heavy atom. The van der Waals surface area contributed by atoms with Gasteiger partial charge in [-0.05, 0) is 55.6 Å². The van der Waals surface area contributed by atoms with Gasteiger partial charge in [-0.25, -0.2) is 0 Å². The molecule has 172 valence electrons. The van der Waals surface area contributed by atoms with Crippen LogP contribution in [0.1, 0.15) is 46.5 Å². The Hall–Kier alpha value is -0.910. The molecule has 4 rings (SSSR count). The molecule has 0 aromatic carbocycles. The topological polar surface area (TPSA) is 93.1 Å². The summed E-state index contributed by atoms with van der Waals surface area (Å²) in [5, 5.41) is 22.9. The van der Waals surface area contributed by atoms with Crippen LogP contribution >= 0.6 is 9.24 Å². The van der Waals surface area contributed by atoms with Crippen molar-refractivity contribution in [3.8, 4) is 0 Å². The van der Waals surface area contributed by atoms with Crippen molar-refractivity contribution in [3.63, 3.8) is 0 Å². The molecule has 4 aliphatic carbocycles. The Labute approximate surface area is 186 Å². The minimum absolute atomic E-state index is 0.000168. The van der Waals surface area contributed by atoms with Crippen molar-refractivity contribution in [2.75, 3.05) is 20.5 Å². The third kappa shape index (κ3) is 2.88. The Morgan fingerprint density at radius 1 is 1.32 bits per heavy atom. The predicted molar refractivity (Wildman–Crippen MR) is 119 cm³/mol. The van der Waals surface area contributed by atoms with E-state index in [0.717, 1.165) is 18.4 Å². The van der Waals surface area contributed by atoms with Crippen LogP contribution in [0.3, 0.4) is 0 Å². The van der Waals surface area contributed by atoms with Crippen LogP contribution in [-0.2, 0) is 19.1 Å². The molecule has 4 aliphatic rings. The molecular weight excluding hydrogens is 415 g/mol. The monoisotopic (exact) mass is 450 g/mol. The maximum absolute atomic E-state index is 13.2. The molecule has 3 fully saturated rings. The highest BCUT2D eigenvalue weighted by Gasteiger charge is 2.73. The summed E-state index contributed by atoms with van der Waals surface area (Å²) in [7, 11) is 4.46. The summed E-state index contributed by atoms with van der Waals surface area (Å²) in [6, 6.07) is 0. The highest BCUT2D eigenvalue weighted by atomic mass is 31.0. The summed E-state index contributed by atoms with van der Waals surface area (Å²) in [4.78, 5) is 25.2. The van der Waals surface area contributed by atoms with E-state index in [2.05, 4.69) is 16.2 Å². The van der Waals surface area contributed by atoms with E-state index < -0.39 is 27.7 Å². The minimum Gasteiger partial charge on any atom is -0.392 e. The molecule has 0 radical (unpaired) electrons. The van der Waals surface area contributed by atoms with Gasteiger partial charge >= 0.3 is 0 Å². The highest BCUT2D eigenvalue weighted by molar-refractivity contribution is 7.19. The van der Waals surface area contributed by atoms with Gasteiger partial charge in [0.1, 0.15) is 19.0 Å². The summed E-state index contributed by atoms with van der Waals surface area (Å²) < 4.78 is 10.2. The molecule has 0 amide bonds. The van der Waals surface area contributed by atoms with E-state index in [0.29, 0.717) is 12.8 Å². The minimum atomic E-state index is -1.56. The number of methoxy groups -OCH3 is 1. The fourth-order valence-electron chi connectivity index (χ4n) is 7.61. The second-order valence-corrected chi connectivity index (χ2v) is 11.5. The molecule has 6 unspecified atom stereocenters. The van der Waals surface area contributed by atoms with E-state index in [9.17, 15) is 19.8 Å². The van der Waals surface area contributed by atoms with Crippen molar-refractivity contribution in [3.05, 3.63) is 23.8 Å². The third-order valence-electron chi connectivity index (χ3n) is 9.33. The molecule has 0 bridgehead atoms. The number of ketones is 2. The van der Waals surface area contributed by atoms with E-state index in [1.54, 1.807) is 12.2 Å². The van der Waals surface area contributed by atoms with E-state index in [1.165, 1.54) is 7.11 Å². The SMILES string of the molecule is COCOCC(=O)[C@@]1(O)[C@H](C)CC2C3CCC4=CC(=O)C=CC4(C)[C@@]3(P)C(O)CC21C. The first-order valence-corrected chi connectivity index (χ1v) is 11.8. The van der Waals surface area contributed by atoms with Gasteiger partial charge in [-0.15, -0.1) is 9.24 Å². The molecule has 0 heterocycles. The third-order valence-corrected chi connectivity index (χ3v) is 10.7. The van der Waals surface area contributed by atoms with Crippen LogP contribution in [0.5, 0.6) is 0 Å². The average Bonchev–Trinajstić information content (AvgIpc) is 2.91. The summed E-state index contributed by atoms with van der Waals surface area (Å²) in [6.45, 7) is 5.80. The Balaban J connectivity index is 1.73. The normalized spacial score (nSPS) is 48.6. The molecule has 9 atom stereocenters. The molecule has 6 nitrogen and oxygen atoms in total. The molecule has 2 N–H and O–H groups in total. The lowest BCUT2D eigenvalue weighted by molar-refractivity contribution is -0.182. The molecule has 0 aromatic rings. The number of aliphatic hydroxyl groups is 2. The number of carbonyl (C=O) groups is 2. The van der Waals surface area contributed by atoms with Gasteiger partial charge in [0.2, 0.25) is 0 Å². The van der Waals surface area contributed by atoms with E-state index in [1.807, 2.05) is 19.9 Å². The summed E-state index contributed by atoms with van der Waals surface area (Å²) >= 11 is 0. The van der Waals surface area contributed by atoms with Crippen molar-refractivity contribution >= 4 is 20.8 Å². The maximum Gasteiger partial charge on any atom is 0.190 e. The molecule has 0 saturated heterocycles. The van der Waals surface area contributed by atoms with Gasteiger partial charge in [0.25, 0.3) is 0 Å². The summed E-state index contributed by atoms with van der Waals surface area (Å²) in [5.74, 6) is -0.412.